The van der Waals surface area contributed by atoms with Gasteiger partial charge in [0.05, 0.1) is 24.3 Å². The van der Waals surface area contributed by atoms with Gasteiger partial charge < -0.3 is 5.32 Å². The van der Waals surface area contributed by atoms with Crippen LogP contribution in [0.15, 0.2) is 24.3 Å². The molecule has 5 nitrogen and oxygen atoms in total. The summed E-state index contributed by atoms with van der Waals surface area (Å²) in [5.74, 6) is -0.971. The van der Waals surface area contributed by atoms with Crippen LogP contribution < -0.4 is 10.2 Å². The van der Waals surface area contributed by atoms with Crippen LogP contribution in [0.5, 0.6) is 0 Å². The topological polar surface area (TPSA) is 52.7 Å². The van der Waals surface area contributed by atoms with Crippen molar-refractivity contribution in [3.8, 4) is 0 Å². The summed E-state index contributed by atoms with van der Waals surface area (Å²) in [6.07, 6.45) is -3.52. The average Bonchev–Trinajstić information content (AvgIpc) is 2.70. The second-order valence-corrected chi connectivity index (χ2v) is 7.07. The number of fused-ring (bicyclic) bond motifs is 1. The van der Waals surface area contributed by atoms with Crippen molar-refractivity contribution < 1.29 is 22.8 Å². The van der Waals surface area contributed by atoms with E-state index in [0.29, 0.717) is 19.0 Å². The van der Waals surface area contributed by atoms with Crippen LogP contribution in [0.3, 0.4) is 0 Å². The van der Waals surface area contributed by atoms with Gasteiger partial charge in [-0.25, -0.2) is 0 Å². The lowest BCUT2D eigenvalue weighted by atomic mass is 10.0. The number of benzene rings is 1. The van der Waals surface area contributed by atoms with Gasteiger partial charge in [-0.05, 0) is 37.4 Å². The maximum Gasteiger partial charge on any atom is 0.409 e. The molecule has 0 unspecified atom stereocenters. The number of nitrogens with one attached hydrogen (secondary N) is 1. The summed E-state index contributed by atoms with van der Waals surface area (Å²) >= 11 is 0. The quantitative estimate of drug-likeness (QED) is 0.872. The average molecular weight is 369 g/mol. The number of anilines is 2. The van der Waals surface area contributed by atoms with Gasteiger partial charge in [0.15, 0.2) is 0 Å². The number of carbonyl (C=O) groups excluding carboxylic acids is 2. The van der Waals surface area contributed by atoms with E-state index in [0.717, 1.165) is 17.7 Å². The Kier molecular flexibility index (Phi) is 5.22. The van der Waals surface area contributed by atoms with Crippen LogP contribution in [-0.2, 0) is 9.59 Å². The molecule has 8 heteroatoms. The second-order valence-electron chi connectivity index (χ2n) is 7.07. The molecule has 1 N–H and O–H groups in total. The van der Waals surface area contributed by atoms with E-state index in [1.54, 1.807) is 12.1 Å². The van der Waals surface area contributed by atoms with Crippen LogP contribution in [0.1, 0.15) is 26.2 Å². The molecule has 0 aromatic heterocycles. The van der Waals surface area contributed by atoms with Gasteiger partial charge in [-0.2, -0.15) is 13.2 Å². The van der Waals surface area contributed by atoms with Crippen LogP contribution in [0.2, 0.25) is 0 Å². The molecule has 0 bridgehead atoms. The second kappa shape index (κ2) is 7.26. The van der Waals surface area contributed by atoms with E-state index in [4.69, 9.17) is 0 Å². The number of alkyl halides is 3. The molecule has 3 rings (SSSR count). The molecule has 1 fully saturated rings. The summed E-state index contributed by atoms with van der Waals surface area (Å²) in [7, 11) is 0. The molecule has 2 atom stereocenters. The first kappa shape index (κ1) is 18.7. The number of nitrogens with zero attached hydrogens (tertiary/aromatic N) is 2. The predicted octanol–water partition coefficient (Wildman–Crippen LogP) is 3.02. The SMILES string of the molecule is C[C@@H]1CCCN(CC(=O)N2c3ccccc3NC(=O)C[C@@H]2C(F)(F)F)C1. The highest BCUT2D eigenvalue weighted by molar-refractivity contribution is 6.05. The lowest BCUT2D eigenvalue weighted by Crippen LogP contribution is -2.53. The standard InChI is InChI=1S/C18H22F3N3O2/c1-12-5-4-8-23(10-12)11-17(26)24-14-7-3-2-6-13(14)22-16(25)9-15(24)18(19,20)21/h2-3,6-7,12,15H,4-5,8-11H2,1H3,(H,22,25)/t12-,15-/m1/s1. The number of carbonyl (C=O) groups is 2. The minimum atomic E-state index is -4.69. The fraction of sp³-hybridized carbons (Fsp3) is 0.556. The van der Waals surface area contributed by atoms with E-state index in [1.165, 1.54) is 12.1 Å². The summed E-state index contributed by atoms with van der Waals surface area (Å²) in [6.45, 7) is 3.37. The van der Waals surface area contributed by atoms with E-state index >= 15 is 0 Å². The van der Waals surface area contributed by atoms with Gasteiger partial charge in [-0.3, -0.25) is 19.4 Å². The third kappa shape index (κ3) is 4.00. The molecule has 142 valence electrons. The molecular weight excluding hydrogens is 347 g/mol. The van der Waals surface area contributed by atoms with Gasteiger partial charge in [0.2, 0.25) is 11.8 Å². The molecule has 0 saturated carbocycles. The fourth-order valence-corrected chi connectivity index (χ4v) is 3.69. The van der Waals surface area contributed by atoms with Gasteiger partial charge in [0, 0.05) is 6.54 Å². The first-order chi connectivity index (χ1) is 12.3. The number of likely N-dealkylation sites (tertiary alicyclic amines) is 1. The Hall–Kier alpha value is -2.09. The third-order valence-electron chi connectivity index (χ3n) is 4.87. The predicted molar refractivity (Wildman–Crippen MR) is 91.9 cm³/mol. The summed E-state index contributed by atoms with van der Waals surface area (Å²) < 4.78 is 41.0. The Labute approximate surface area is 150 Å². The number of halogens is 3. The van der Waals surface area contributed by atoms with Gasteiger partial charge >= 0.3 is 6.18 Å². The fourth-order valence-electron chi connectivity index (χ4n) is 3.69. The first-order valence-electron chi connectivity index (χ1n) is 8.75. The first-order valence-corrected chi connectivity index (χ1v) is 8.75. The Morgan fingerprint density at radius 2 is 2.04 bits per heavy atom. The lowest BCUT2D eigenvalue weighted by Gasteiger charge is -2.35. The van der Waals surface area contributed by atoms with Gasteiger partial charge in [-0.15, -0.1) is 0 Å². The normalized spacial score (nSPS) is 24.6. The van der Waals surface area contributed by atoms with Crippen molar-refractivity contribution >= 4 is 23.2 Å². The minimum absolute atomic E-state index is 0.0839. The summed E-state index contributed by atoms with van der Waals surface area (Å²) in [6, 6.07) is 3.96. The zero-order valence-electron chi connectivity index (χ0n) is 14.6. The van der Waals surface area contributed by atoms with Crippen molar-refractivity contribution in [3.05, 3.63) is 24.3 Å². The summed E-state index contributed by atoms with van der Waals surface area (Å²) in [4.78, 5) is 27.5. The maximum absolute atomic E-state index is 13.7. The Morgan fingerprint density at radius 1 is 1.31 bits per heavy atom. The zero-order valence-corrected chi connectivity index (χ0v) is 14.6. The summed E-state index contributed by atoms with van der Waals surface area (Å²) in [5.41, 5.74) is 0.320. The third-order valence-corrected chi connectivity index (χ3v) is 4.87. The van der Waals surface area contributed by atoms with Crippen LogP contribution in [0, 0.1) is 5.92 Å². The number of para-hydroxylation sites is 2. The largest absolute Gasteiger partial charge is 0.409 e. The Bertz CT molecular complexity index is 693. The smallest absolute Gasteiger partial charge is 0.324 e. The van der Waals surface area contributed by atoms with Crippen LogP contribution in [0.25, 0.3) is 0 Å². The molecular formula is C18H22F3N3O2. The zero-order chi connectivity index (χ0) is 18.9. The van der Waals surface area contributed by atoms with Crippen molar-refractivity contribution in [2.45, 2.75) is 38.4 Å². The highest BCUT2D eigenvalue weighted by Crippen LogP contribution is 2.37. The van der Waals surface area contributed by atoms with Crippen LogP contribution in [-0.4, -0.2) is 48.6 Å². The Morgan fingerprint density at radius 3 is 2.73 bits per heavy atom. The monoisotopic (exact) mass is 369 g/mol. The molecule has 0 spiro atoms. The minimum Gasteiger partial charge on any atom is -0.324 e. The van der Waals surface area contributed by atoms with Crippen molar-refractivity contribution in [1.82, 2.24) is 4.90 Å². The Balaban J connectivity index is 1.93. The molecule has 0 aliphatic carbocycles. The molecule has 1 aromatic rings. The molecule has 0 radical (unpaired) electrons. The molecule has 1 aromatic carbocycles. The molecule has 2 aliphatic rings. The van der Waals surface area contributed by atoms with Crippen molar-refractivity contribution in [2.75, 3.05) is 29.9 Å². The number of rotatable bonds is 2. The van der Waals surface area contributed by atoms with E-state index in [2.05, 4.69) is 12.2 Å². The van der Waals surface area contributed by atoms with Crippen LogP contribution in [0.4, 0.5) is 24.5 Å². The number of piperidine rings is 1. The van der Waals surface area contributed by atoms with E-state index < -0.39 is 30.5 Å². The van der Waals surface area contributed by atoms with Crippen molar-refractivity contribution in [2.24, 2.45) is 5.92 Å². The summed E-state index contributed by atoms with van der Waals surface area (Å²) in [5, 5.41) is 2.47. The molecule has 1 saturated heterocycles. The van der Waals surface area contributed by atoms with Gasteiger partial charge in [0.1, 0.15) is 6.04 Å². The van der Waals surface area contributed by atoms with Crippen LogP contribution >= 0.6 is 0 Å². The van der Waals surface area contributed by atoms with Crippen molar-refractivity contribution in [1.29, 1.82) is 0 Å². The van der Waals surface area contributed by atoms with Gasteiger partial charge in [0.25, 0.3) is 0 Å². The number of hydrogen-bond acceptors (Lipinski definition) is 3. The molecule has 26 heavy (non-hydrogen) atoms. The van der Waals surface area contributed by atoms with Gasteiger partial charge in [-0.1, -0.05) is 19.1 Å². The molecule has 2 amide bonds. The molecule has 2 heterocycles. The maximum atomic E-state index is 13.7. The lowest BCUT2D eigenvalue weighted by molar-refractivity contribution is -0.158. The van der Waals surface area contributed by atoms with E-state index in [-0.39, 0.29) is 17.9 Å². The highest BCUT2D eigenvalue weighted by atomic mass is 19.4. The van der Waals surface area contributed by atoms with E-state index in [1.807, 2.05) is 4.90 Å². The highest BCUT2D eigenvalue weighted by Gasteiger charge is 2.49. The molecule has 2 aliphatic heterocycles. The van der Waals surface area contributed by atoms with Crippen molar-refractivity contribution in [3.63, 3.8) is 0 Å². The van der Waals surface area contributed by atoms with E-state index in [9.17, 15) is 22.8 Å². The number of hydrogen-bond donors (Lipinski definition) is 1. The number of amides is 2.